The summed E-state index contributed by atoms with van der Waals surface area (Å²) in [6, 6.07) is 6.47. The summed E-state index contributed by atoms with van der Waals surface area (Å²) in [5.74, 6) is 0.0298. The molecule has 0 radical (unpaired) electrons. The third-order valence-electron chi connectivity index (χ3n) is 6.94. The van der Waals surface area contributed by atoms with E-state index in [2.05, 4.69) is 15.2 Å². The number of alkyl halides is 1. The van der Waals surface area contributed by atoms with E-state index >= 15 is 0 Å². The standard InChI is InChI=1S/C24H26ClN3O5/c25-16-12-28(22-19(30)13-32-23(16)22)17-4-2-1-3-15(17)18(29)11-27-24(31)21-6-5-20(33-21)14-7-9-26-10-8-14/h5-10,15-17,22-23H,1-4,11-13H2,(H,27,31)/t15-,16-,17?,22+,23+/m0/s1. The van der Waals surface area contributed by atoms with Gasteiger partial charge < -0.3 is 14.5 Å². The molecule has 9 heteroatoms. The zero-order chi connectivity index (χ0) is 22.9. The van der Waals surface area contributed by atoms with Gasteiger partial charge in [0.25, 0.3) is 5.91 Å². The van der Waals surface area contributed by atoms with Crippen LogP contribution in [0.5, 0.6) is 0 Å². The molecule has 1 unspecified atom stereocenters. The van der Waals surface area contributed by atoms with Gasteiger partial charge in [-0.05, 0) is 37.1 Å². The van der Waals surface area contributed by atoms with Crippen molar-refractivity contribution >= 4 is 29.1 Å². The van der Waals surface area contributed by atoms with Gasteiger partial charge in [0, 0.05) is 36.5 Å². The molecule has 5 atom stereocenters. The van der Waals surface area contributed by atoms with Crippen molar-refractivity contribution < 1.29 is 23.5 Å². The second kappa shape index (κ2) is 9.37. The van der Waals surface area contributed by atoms with Crippen LogP contribution >= 0.6 is 11.6 Å². The van der Waals surface area contributed by atoms with Crippen LogP contribution in [0, 0.1) is 5.92 Å². The van der Waals surface area contributed by atoms with Crippen molar-refractivity contribution in [1.29, 1.82) is 0 Å². The van der Waals surface area contributed by atoms with Gasteiger partial charge >= 0.3 is 0 Å². The Hall–Kier alpha value is -2.55. The highest BCUT2D eigenvalue weighted by Crippen LogP contribution is 2.38. The summed E-state index contributed by atoms with van der Waals surface area (Å²) >= 11 is 6.46. The average Bonchev–Trinajstić information content (AvgIpc) is 3.56. The number of ketones is 2. The third kappa shape index (κ3) is 4.35. The van der Waals surface area contributed by atoms with Crippen molar-refractivity contribution in [3.8, 4) is 11.3 Å². The number of hydrogen-bond acceptors (Lipinski definition) is 7. The number of likely N-dealkylation sites (tertiary alicyclic amines) is 1. The smallest absolute Gasteiger partial charge is 0.287 e. The fourth-order valence-electron chi connectivity index (χ4n) is 5.38. The van der Waals surface area contributed by atoms with Crippen molar-refractivity contribution in [2.24, 2.45) is 5.92 Å². The first-order chi connectivity index (χ1) is 16.0. The number of aromatic nitrogens is 1. The molecule has 3 fully saturated rings. The Bertz CT molecular complexity index is 1040. The Balaban J connectivity index is 1.23. The Morgan fingerprint density at radius 2 is 1.94 bits per heavy atom. The molecule has 2 aliphatic heterocycles. The first kappa shape index (κ1) is 22.3. The molecule has 0 spiro atoms. The van der Waals surface area contributed by atoms with Crippen molar-refractivity contribution in [2.75, 3.05) is 19.7 Å². The molecule has 33 heavy (non-hydrogen) atoms. The number of nitrogens with zero attached hydrogens (tertiary/aromatic N) is 2. The molecule has 1 amide bonds. The van der Waals surface area contributed by atoms with Crippen LogP contribution < -0.4 is 5.32 Å². The molecule has 5 rings (SSSR count). The molecule has 1 saturated carbocycles. The monoisotopic (exact) mass is 471 g/mol. The van der Waals surface area contributed by atoms with Crippen molar-refractivity contribution in [3.63, 3.8) is 0 Å². The molecule has 8 nitrogen and oxygen atoms in total. The number of carbonyl (C=O) groups excluding carboxylic acids is 3. The quantitative estimate of drug-likeness (QED) is 0.645. The van der Waals surface area contributed by atoms with Gasteiger partial charge in [-0.3, -0.25) is 24.3 Å². The summed E-state index contributed by atoms with van der Waals surface area (Å²) < 4.78 is 11.3. The Morgan fingerprint density at radius 3 is 2.76 bits per heavy atom. The van der Waals surface area contributed by atoms with Crippen LogP contribution in [0.3, 0.4) is 0 Å². The molecule has 174 valence electrons. The number of rotatable bonds is 6. The third-order valence-corrected chi connectivity index (χ3v) is 7.33. The van der Waals surface area contributed by atoms with Gasteiger partial charge in [-0.25, -0.2) is 0 Å². The first-order valence-electron chi connectivity index (χ1n) is 11.4. The minimum atomic E-state index is -0.433. The highest BCUT2D eigenvalue weighted by Gasteiger charge is 2.53. The van der Waals surface area contributed by atoms with E-state index in [1.54, 1.807) is 36.7 Å². The van der Waals surface area contributed by atoms with E-state index in [9.17, 15) is 14.4 Å². The van der Waals surface area contributed by atoms with Crippen LogP contribution in [0.25, 0.3) is 11.3 Å². The predicted octanol–water partition coefficient (Wildman–Crippen LogP) is 2.46. The maximum atomic E-state index is 13.2. The van der Waals surface area contributed by atoms with Crippen molar-refractivity contribution in [1.82, 2.24) is 15.2 Å². The number of halogens is 1. The predicted molar refractivity (Wildman–Crippen MR) is 120 cm³/mol. The maximum absolute atomic E-state index is 13.2. The number of nitrogens with one attached hydrogen (secondary N) is 1. The molecule has 0 bridgehead atoms. The van der Waals surface area contributed by atoms with E-state index in [4.69, 9.17) is 20.8 Å². The number of ether oxygens (including phenoxy) is 1. The Labute approximate surface area is 196 Å². The van der Waals surface area contributed by atoms with Crippen LogP contribution in [0.4, 0.5) is 0 Å². The van der Waals surface area contributed by atoms with E-state index in [1.807, 2.05) is 0 Å². The van der Waals surface area contributed by atoms with Gasteiger partial charge in [-0.2, -0.15) is 0 Å². The number of carbonyl (C=O) groups is 3. The van der Waals surface area contributed by atoms with Crippen LogP contribution in [-0.2, 0) is 14.3 Å². The van der Waals surface area contributed by atoms with Crippen LogP contribution in [0.2, 0.25) is 0 Å². The molecule has 1 N–H and O–H groups in total. The lowest BCUT2D eigenvalue weighted by Crippen LogP contribution is -2.52. The number of hydrogen-bond donors (Lipinski definition) is 1. The number of furan rings is 1. The number of Topliss-reactive ketones (excluding diaryl/α,β-unsaturated/α-hetero) is 2. The fraction of sp³-hybridized carbons (Fsp3) is 0.500. The van der Waals surface area contributed by atoms with Gasteiger partial charge in [0.2, 0.25) is 0 Å². The van der Waals surface area contributed by atoms with E-state index < -0.39 is 5.91 Å². The Morgan fingerprint density at radius 1 is 1.15 bits per heavy atom. The first-order valence-corrected chi connectivity index (χ1v) is 11.8. The van der Waals surface area contributed by atoms with E-state index in [1.165, 1.54) is 0 Å². The molecule has 3 aliphatic rings. The zero-order valence-corrected chi connectivity index (χ0v) is 18.9. The molecule has 0 aromatic carbocycles. The van der Waals surface area contributed by atoms with Crippen LogP contribution in [0.1, 0.15) is 36.2 Å². The van der Waals surface area contributed by atoms with E-state index in [0.717, 1.165) is 31.2 Å². The molecular weight excluding hydrogens is 446 g/mol. The van der Waals surface area contributed by atoms with Crippen LogP contribution in [0.15, 0.2) is 41.1 Å². The maximum Gasteiger partial charge on any atom is 0.287 e. The highest BCUT2D eigenvalue weighted by molar-refractivity contribution is 6.22. The lowest BCUT2D eigenvalue weighted by atomic mass is 9.80. The molecular formula is C24H26ClN3O5. The number of fused-ring (bicyclic) bond motifs is 1. The second-order valence-electron chi connectivity index (χ2n) is 8.91. The number of amides is 1. The largest absolute Gasteiger partial charge is 0.451 e. The minimum Gasteiger partial charge on any atom is -0.451 e. The van der Waals surface area contributed by atoms with Crippen molar-refractivity contribution in [2.45, 2.75) is 49.2 Å². The second-order valence-corrected chi connectivity index (χ2v) is 9.47. The summed E-state index contributed by atoms with van der Waals surface area (Å²) in [5, 5.41) is 2.45. The molecule has 4 heterocycles. The minimum absolute atomic E-state index is 0.0325. The SMILES string of the molecule is O=C(NCC(=O)[C@H]1CCCCC1N1C[C@H](Cl)[C@H]2OCC(=O)[C@H]21)c1ccc(-c2ccncc2)o1. The molecule has 2 aromatic heterocycles. The molecule has 2 saturated heterocycles. The Kier molecular flexibility index (Phi) is 6.32. The summed E-state index contributed by atoms with van der Waals surface area (Å²) in [7, 11) is 0. The van der Waals surface area contributed by atoms with Gasteiger partial charge in [0.05, 0.1) is 24.1 Å². The lowest BCUT2D eigenvalue weighted by molar-refractivity contribution is -0.128. The normalized spacial score (nSPS) is 29.7. The lowest BCUT2D eigenvalue weighted by Gasteiger charge is -2.39. The topological polar surface area (TPSA) is 102 Å². The highest BCUT2D eigenvalue weighted by atomic mass is 35.5. The van der Waals surface area contributed by atoms with E-state index in [0.29, 0.717) is 12.3 Å². The van der Waals surface area contributed by atoms with Crippen molar-refractivity contribution in [3.05, 3.63) is 42.4 Å². The summed E-state index contributed by atoms with van der Waals surface area (Å²) in [6.45, 7) is 0.538. The van der Waals surface area contributed by atoms with Gasteiger partial charge in [-0.1, -0.05) is 12.8 Å². The zero-order valence-electron chi connectivity index (χ0n) is 18.1. The molecule has 2 aromatic rings. The fourth-order valence-corrected chi connectivity index (χ4v) is 5.75. The van der Waals surface area contributed by atoms with Gasteiger partial charge in [-0.15, -0.1) is 11.6 Å². The number of pyridine rings is 1. The van der Waals surface area contributed by atoms with E-state index in [-0.39, 0.29) is 60.0 Å². The van der Waals surface area contributed by atoms with Gasteiger partial charge in [0.15, 0.2) is 17.3 Å². The summed E-state index contributed by atoms with van der Waals surface area (Å²) in [5.41, 5.74) is 0.817. The summed E-state index contributed by atoms with van der Waals surface area (Å²) in [6.07, 6.45) is 6.52. The molecule has 1 aliphatic carbocycles. The van der Waals surface area contributed by atoms with Gasteiger partial charge in [0.1, 0.15) is 12.4 Å². The average molecular weight is 472 g/mol. The van der Waals surface area contributed by atoms with Crippen LogP contribution in [-0.4, -0.2) is 70.6 Å². The summed E-state index contributed by atoms with van der Waals surface area (Å²) in [4.78, 5) is 44.2.